The molecule has 2 amide bonds. The van der Waals surface area contributed by atoms with Crippen molar-refractivity contribution in [3.63, 3.8) is 0 Å². The van der Waals surface area contributed by atoms with Crippen molar-refractivity contribution in [3.8, 4) is 27.4 Å². The third-order valence-electron chi connectivity index (χ3n) is 5.71. The predicted octanol–water partition coefficient (Wildman–Crippen LogP) is 5.05. The van der Waals surface area contributed by atoms with E-state index in [4.69, 9.17) is 9.72 Å². The zero-order valence-electron chi connectivity index (χ0n) is 18.7. The molecule has 5 rings (SSSR count). The Morgan fingerprint density at radius 3 is 2.17 bits per heavy atom. The first-order chi connectivity index (χ1) is 17.1. The number of rotatable bonds is 5. The molecule has 3 aromatic carbocycles. The molecule has 0 saturated carbocycles. The molecule has 1 aliphatic rings. The van der Waals surface area contributed by atoms with Crippen molar-refractivity contribution in [2.24, 2.45) is 0 Å². The summed E-state index contributed by atoms with van der Waals surface area (Å²) in [6.45, 7) is 0.0200. The molecule has 4 aromatic rings. The van der Waals surface area contributed by atoms with E-state index in [1.54, 1.807) is 24.3 Å². The average Bonchev–Trinajstić information content (AvgIpc) is 3.49. The van der Waals surface area contributed by atoms with Crippen LogP contribution in [-0.2, 0) is 4.79 Å². The summed E-state index contributed by atoms with van der Waals surface area (Å²) in [6, 6.07) is 27.4. The Morgan fingerprint density at radius 1 is 0.914 bits per heavy atom. The molecule has 176 valence electrons. The van der Waals surface area contributed by atoms with Crippen LogP contribution in [0, 0.1) is 0 Å². The van der Waals surface area contributed by atoms with Crippen molar-refractivity contribution < 1.29 is 19.4 Å². The van der Waals surface area contributed by atoms with Crippen LogP contribution in [0.15, 0.2) is 91.0 Å². The number of nitrogens with one attached hydrogen (secondary N) is 1. The van der Waals surface area contributed by atoms with E-state index in [2.05, 4.69) is 5.32 Å². The molecular formula is C27H23N3O4S. The SMILES string of the molecule is O=C(Nc1nc(-c2ccccc2)c(-c2ccccc2)s1)[C@@H]1C[C@@H](O)CN1C(=O)Oc1ccccc1. The quantitative estimate of drug-likeness (QED) is 0.413. The second-order valence-electron chi connectivity index (χ2n) is 8.16. The standard InChI is InChI=1S/C27H23N3O4S/c31-20-16-22(30(17-20)27(33)34-21-14-8-3-9-15-21)25(32)29-26-28-23(18-10-4-1-5-11-18)24(35-26)19-12-6-2-7-13-19/h1-15,20,22,31H,16-17H2,(H,28,29,32)/t20-,22+/m1/s1. The van der Waals surface area contributed by atoms with Crippen LogP contribution in [0.2, 0.25) is 0 Å². The van der Waals surface area contributed by atoms with E-state index in [1.807, 2.05) is 66.7 Å². The number of aromatic nitrogens is 1. The van der Waals surface area contributed by atoms with Gasteiger partial charge in [0.25, 0.3) is 0 Å². The molecular weight excluding hydrogens is 462 g/mol. The average molecular weight is 486 g/mol. The number of carbonyl (C=O) groups excluding carboxylic acids is 2. The number of hydrogen-bond acceptors (Lipinski definition) is 6. The summed E-state index contributed by atoms with van der Waals surface area (Å²) in [4.78, 5) is 32.9. The number of ether oxygens (including phenoxy) is 1. The van der Waals surface area contributed by atoms with Crippen molar-refractivity contribution in [1.82, 2.24) is 9.88 Å². The van der Waals surface area contributed by atoms with Gasteiger partial charge in [0.1, 0.15) is 11.8 Å². The van der Waals surface area contributed by atoms with Crippen molar-refractivity contribution in [3.05, 3.63) is 91.0 Å². The van der Waals surface area contributed by atoms with Crippen LogP contribution >= 0.6 is 11.3 Å². The van der Waals surface area contributed by atoms with Crippen molar-refractivity contribution in [1.29, 1.82) is 0 Å². The molecule has 0 unspecified atom stereocenters. The highest BCUT2D eigenvalue weighted by Crippen LogP contribution is 2.39. The minimum Gasteiger partial charge on any atom is -0.410 e. The largest absolute Gasteiger partial charge is 0.416 e. The van der Waals surface area contributed by atoms with Crippen LogP contribution in [0.3, 0.4) is 0 Å². The molecule has 7 nitrogen and oxygen atoms in total. The molecule has 2 heterocycles. The number of nitrogens with zero attached hydrogens (tertiary/aromatic N) is 2. The monoisotopic (exact) mass is 485 g/mol. The first kappa shape index (κ1) is 22.8. The maximum atomic E-state index is 13.2. The highest BCUT2D eigenvalue weighted by Gasteiger charge is 2.40. The fourth-order valence-corrected chi connectivity index (χ4v) is 5.05. The Morgan fingerprint density at radius 2 is 1.51 bits per heavy atom. The molecule has 1 saturated heterocycles. The van der Waals surface area contributed by atoms with Crippen LogP contribution in [0.1, 0.15) is 6.42 Å². The minimum absolute atomic E-state index is 0.0200. The topological polar surface area (TPSA) is 91.8 Å². The van der Waals surface area contributed by atoms with Crippen LogP contribution in [-0.4, -0.2) is 45.7 Å². The van der Waals surface area contributed by atoms with Gasteiger partial charge in [0, 0.05) is 12.0 Å². The van der Waals surface area contributed by atoms with Gasteiger partial charge in [-0.1, -0.05) is 90.2 Å². The van der Waals surface area contributed by atoms with E-state index in [0.717, 1.165) is 21.7 Å². The van der Waals surface area contributed by atoms with Gasteiger partial charge in [-0.05, 0) is 17.7 Å². The summed E-state index contributed by atoms with van der Waals surface area (Å²) in [6.07, 6.45) is -1.37. The molecule has 1 aromatic heterocycles. The maximum absolute atomic E-state index is 13.2. The maximum Gasteiger partial charge on any atom is 0.416 e. The molecule has 1 aliphatic heterocycles. The number of likely N-dealkylation sites (tertiary alicyclic amines) is 1. The lowest BCUT2D eigenvalue weighted by atomic mass is 10.1. The van der Waals surface area contributed by atoms with E-state index in [-0.39, 0.29) is 13.0 Å². The third kappa shape index (κ3) is 5.08. The van der Waals surface area contributed by atoms with Gasteiger partial charge in [0.2, 0.25) is 5.91 Å². The Hall–Kier alpha value is -4.01. The normalized spacial score (nSPS) is 17.2. The number of hydrogen-bond donors (Lipinski definition) is 2. The first-order valence-electron chi connectivity index (χ1n) is 11.2. The molecule has 35 heavy (non-hydrogen) atoms. The number of thiazole rings is 1. The number of β-amino-alcohol motifs (C(OH)–C–C–N with tert-alkyl or cyclic N) is 1. The van der Waals surface area contributed by atoms with Crippen molar-refractivity contribution in [2.45, 2.75) is 18.6 Å². The van der Waals surface area contributed by atoms with Crippen LogP contribution in [0.4, 0.5) is 9.93 Å². The molecule has 2 N–H and O–H groups in total. The van der Waals surface area contributed by atoms with Gasteiger partial charge in [0.05, 0.1) is 23.2 Å². The third-order valence-corrected chi connectivity index (χ3v) is 6.72. The second kappa shape index (κ2) is 10.1. The number of anilines is 1. The molecule has 0 radical (unpaired) electrons. The van der Waals surface area contributed by atoms with Gasteiger partial charge in [-0.3, -0.25) is 9.69 Å². The van der Waals surface area contributed by atoms with Crippen LogP contribution in [0.5, 0.6) is 5.75 Å². The number of amides is 2. The predicted molar refractivity (Wildman–Crippen MR) is 135 cm³/mol. The van der Waals surface area contributed by atoms with Crippen molar-refractivity contribution >= 4 is 28.5 Å². The van der Waals surface area contributed by atoms with Gasteiger partial charge in [-0.25, -0.2) is 9.78 Å². The van der Waals surface area contributed by atoms with Gasteiger partial charge in [-0.15, -0.1) is 0 Å². The molecule has 2 atom stereocenters. The Bertz CT molecular complexity index is 1260. The summed E-state index contributed by atoms with van der Waals surface area (Å²) in [7, 11) is 0. The highest BCUT2D eigenvalue weighted by molar-refractivity contribution is 7.19. The van der Waals surface area contributed by atoms with E-state index >= 15 is 0 Å². The van der Waals surface area contributed by atoms with E-state index in [9.17, 15) is 14.7 Å². The van der Waals surface area contributed by atoms with Gasteiger partial charge >= 0.3 is 6.09 Å². The summed E-state index contributed by atoms with van der Waals surface area (Å²) >= 11 is 1.37. The van der Waals surface area contributed by atoms with Crippen molar-refractivity contribution in [2.75, 3.05) is 11.9 Å². The van der Waals surface area contributed by atoms with E-state index < -0.39 is 24.1 Å². The summed E-state index contributed by atoms with van der Waals surface area (Å²) in [5.74, 6) is -0.0440. The Labute approximate surface area is 206 Å². The van der Waals surface area contributed by atoms with Crippen LogP contribution < -0.4 is 10.1 Å². The summed E-state index contributed by atoms with van der Waals surface area (Å²) in [5.41, 5.74) is 2.70. The number of benzene rings is 3. The number of carbonyl (C=O) groups is 2. The highest BCUT2D eigenvalue weighted by atomic mass is 32.1. The molecule has 0 spiro atoms. The minimum atomic E-state index is -0.870. The smallest absolute Gasteiger partial charge is 0.410 e. The van der Waals surface area contributed by atoms with E-state index in [1.165, 1.54) is 16.2 Å². The molecule has 0 aliphatic carbocycles. The van der Waals surface area contributed by atoms with Gasteiger partial charge < -0.3 is 15.2 Å². The Kier molecular flexibility index (Phi) is 6.56. The zero-order valence-corrected chi connectivity index (χ0v) is 19.5. The lowest BCUT2D eigenvalue weighted by Crippen LogP contribution is -2.44. The number of aliphatic hydroxyl groups is 1. The van der Waals surface area contributed by atoms with Gasteiger partial charge in [-0.2, -0.15) is 0 Å². The number of aliphatic hydroxyl groups excluding tert-OH is 1. The summed E-state index contributed by atoms with van der Waals surface area (Å²) in [5, 5.41) is 13.5. The lowest BCUT2D eigenvalue weighted by molar-refractivity contribution is -0.119. The fraction of sp³-hybridized carbons (Fsp3) is 0.148. The first-order valence-corrected chi connectivity index (χ1v) is 12.0. The molecule has 8 heteroatoms. The number of para-hydroxylation sites is 1. The Balaban J connectivity index is 1.39. The molecule has 0 bridgehead atoms. The molecule has 1 fully saturated rings. The summed E-state index contributed by atoms with van der Waals surface area (Å²) < 4.78 is 5.40. The zero-order chi connectivity index (χ0) is 24.2. The lowest BCUT2D eigenvalue weighted by Gasteiger charge is -2.22. The van der Waals surface area contributed by atoms with E-state index in [0.29, 0.717) is 10.9 Å². The van der Waals surface area contributed by atoms with Gasteiger partial charge in [0.15, 0.2) is 5.13 Å². The van der Waals surface area contributed by atoms with Crippen LogP contribution in [0.25, 0.3) is 21.7 Å². The second-order valence-corrected chi connectivity index (χ2v) is 9.16. The fourth-order valence-electron chi connectivity index (χ4n) is 4.05.